The first-order chi connectivity index (χ1) is 6.56. The molecule has 90 valence electrons. The van der Waals surface area contributed by atoms with Crippen molar-refractivity contribution in [2.24, 2.45) is 5.41 Å². The maximum absolute atomic E-state index is 3.72. The number of hydrogen-bond acceptors (Lipinski definition) is 2. The van der Waals surface area contributed by atoms with Gasteiger partial charge in [-0.05, 0) is 5.41 Å². The summed E-state index contributed by atoms with van der Waals surface area (Å²) in [7, 11) is 0. The van der Waals surface area contributed by atoms with E-state index in [0.29, 0.717) is 5.41 Å². The smallest absolute Gasteiger partial charge is 0.0451 e. The predicted octanol–water partition coefficient (Wildman–Crippen LogP) is 4.58. The zero-order valence-electron chi connectivity index (χ0n) is 10.4. The molecule has 0 atom stereocenters. The summed E-state index contributed by atoms with van der Waals surface area (Å²) in [6.07, 6.45) is 7.83. The Kier molecular flexibility index (Phi) is 17.1. The molecule has 1 aromatic rings. The minimum Gasteiger partial charge on any atom is -0.262 e. The van der Waals surface area contributed by atoms with Gasteiger partial charge in [0.2, 0.25) is 0 Å². The second kappa shape index (κ2) is 13.1. The molecule has 1 aromatic heterocycles. The first-order valence-corrected chi connectivity index (χ1v) is 5.26. The lowest BCUT2D eigenvalue weighted by Crippen LogP contribution is -2.00. The lowest BCUT2D eigenvalue weighted by atomic mass is 9.94. The molecule has 1 heterocycles. The van der Waals surface area contributed by atoms with Crippen LogP contribution in [0.15, 0.2) is 24.8 Å². The fraction of sp³-hybridized carbons (Fsp3) is 0.692. The molecule has 15 heavy (non-hydrogen) atoms. The van der Waals surface area contributed by atoms with Crippen LogP contribution >= 0.6 is 0 Å². The second-order valence-corrected chi connectivity index (χ2v) is 3.81. The molecule has 0 saturated carbocycles. The van der Waals surface area contributed by atoms with E-state index in [0.717, 1.165) is 0 Å². The van der Waals surface area contributed by atoms with Gasteiger partial charge >= 0.3 is 0 Å². The average Bonchev–Trinajstić information content (AvgIpc) is 2.23. The van der Waals surface area contributed by atoms with Crippen LogP contribution < -0.4 is 0 Å². The third-order valence-corrected chi connectivity index (χ3v) is 1.54. The van der Waals surface area contributed by atoms with Gasteiger partial charge in [0, 0.05) is 24.8 Å². The Hall–Kier alpha value is -0.920. The Morgan fingerprint density at radius 2 is 1.07 bits per heavy atom. The summed E-state index contributed by atoms with van der Waals surface area (Å²) in [5.74, 6) is 0. The molecule has 0 bridgehead atoms. The first-order valence-electron chi connectivity index (χ1n) is 5.26. The quantitative estimate of drug-likeness (QED) is 0.629. The highest BCUT2D eigenvalue weighted by Gasteiger charge is 2.03. The molecule has 0 unspecified atom stereocenters. The van der Waals surface area contributed by atoms with Gasteiger partial charge in [0.05, 0.1) is 0 Å². The molecule has 0 spiro atoms. The zero-order valence-corrected chi connectivity index (χ0v) is 10.4. The van der Waals surface area contributed by atoms with Crippen molar-refractivity contribution in [3.63, 3.8) is 0 Å². The average molecular weight is 212 g/mol. The lowest BCUT2D eigenvalue weighted by Gasteiger charge is -2.12. The molecule has 1 rings (SSSR count). The van der Waals surface area contributed by atoms with Gasteiger partial charge in [0.15, 0.2) is 0 Å². The third kappa shape index (κ3) is 24.6. The van der Waals surface area contributed by atoms with Crippen LogP contribution in [0.3, 0.4) is 0 Å². The molecule has 0 aliphatic carbocycles. The topological polar surface area (TPSA) is 25.8 Å². The Bertz CT molecular complexity index is 151. The molecule has 0 fully saturated rings. The predicted molar refractivity (Wildman–Crippen MR) is 69.9 cm³/mol. The van der Waals surface area contributed by atoms with Crippen LogP contribution in [-0.2, 0) is 0 Å². The molecule has 0 radical (unpaired) electrons. The molecule has 0 aliphatic rings. The largest absolute Gasteiger partial charge is 0.262 e. The van der Waals surface area contributed by atoms with Gasteiger partial charge in [-0.1, -0.05) is 55.4 Å². The summed E-state index contributed by atoms with van der Waals surface area (Å²) in [5, 5.41) is 0. The zero-order chi connectivity index (χ0) is 11.4. The van der Waals surface area contributed by atoms with Crippen molar-refractivity contribution >= 4 is 0 Å². The van der Waals surface area contributed by atoms with E-state index in [-0.39, 0.29) is 7.43 Å². The van der Waals surface area contributed by atoms with E-state index >= 15 is 0 Å². The normalized spacial score (nSPS) is 8.40. The van der Waals surface area contributed by atoms with Gasteiger partial charge in [-0.25, -0.2) is 0 Å². The van der Waals surface area contributed by atoms with Crippen LogP contribution in [0.5, 0.6) is 0 Å². The van der Waals surface area contributed by atoms with Crippen molar-refractivity contribution in [3.05, 3.63) is 24.8 Å². The third-order valence-electron chi connectivity index (χ3n) is 1.54. The van der Waals surface area contributed by atoms with E-state index in [1.165, 1.54) is 6.42 Å². The maximum Gasteiger partial charge on any atom is 0.0451 e. The summed E-state index contributed by atoms with van der Waals surface area (Å²) in [4.78, 5) is 7.44. The van der Waals surface area contributed by atoms with Crippen molar-refractivity contribution in [1.82, 2.24) is 9.97 Å². The van der Waals surface area contributed by atoms with Gasteiger partial charge < -0.3 is 0 Å². The van der Waals surface area contributed by atoms with Crippen LogP contribution in [0.25, 0.3) is 0 Å². The standard InChI is InChI=1S/C6H14.C4H4N2.C2H6.CH4/c1-5-6(2,3)4;1-2-6-4-3-5-1;1-2;/h5H2,1-4H3;1-4H;1-2H3;1H4. The summed E-state index contributed by atoms with van der Waals surface area (Å²) in [5.41, 5.74) is 0.542. The maximum atomic E-state index is 3.72. The van der Waals surface area contributed by atoms with Gasteiger partial charge in [0.25, 0.3) is 0 Å². The number of aromatic nitrogens is 2. The van der Waals surface area contributed by atoms with E-state index in [1.807, 2.05) is 13.8 Å². The number of rotatable bonds is 0. The molecule has 2 nitrogen and oxygen atoms in total. The van der Waals surface area contributed by atoms with Crippen molar-refractivity contribution in [2.75, 3.05) is 0 Å². The summed E-state index contributed by atoms with van der Waals surface area (Å²) in [6.45, 7) is 12.9. The van der Waals surface area contributed by atoms with E-state index in [4.69, 9.17) is 0 Å². The SMILES string of the molecule is C.CC.CCC(C)(C)C.c1cnccn1. The van der Waals surface area contributed by atoms with Crippen molar-refractivity contribution in [2.45, 2.75) is 55.4 Å². The minimum absolute atomic E-state index is 0. The Morgan fingerprint density at radius 1 is 0.867 bits per heavy atom. The van der Waals surface area contributed by atoms with Crippen LogP contribution in [0.4, 0.5) is 0 Å². The van der Waals surface area contributed by atoms with Gasteiger partial charge in [-0.15, -0.1) is 0 Å². The summed E-state index contributed by atoms with van der Waals surface area (Å²) < 4.78 is 0. The van der Waals surface area contributed by atoms with Gasteiger partial charge in [0.1, 0.15) is 0 Å². The van der Waals surface area contributed by atoms with E-state index in [2.05, 4.69) is 37.7 Å². The molecule has 0 saturated heterocycles. The van der Waals surface area contributed by atoms with Crippen LogP contribution in [-0.4, -0.2) is 9.97 Å². The molecule has 0 amide bonds. The molecule has 0 aliphatic heterocycles. The van der Waals surface area contributed by atoms with Gasteiger partial charge in [-0.3, -0.25) is 9.97 Å². The Balaban J connectivity index is -0.000000156. The summed E-state index contributed by atoms with van der Waals surface area (Å²) in [6, 6.07) is 0. The highest BCUT2D eigenvalue weighted by atomic mass is 14.7. The highest BCUT2D eigenvalue weighted by Crippen LogP contribution is 2.16. The number of hydrogen-bond donors (Lipinski definition) is 0. The Labute approximate surface area is 96.2 Å². The minimum atomic E-state index is 0. The summed E-state index contributed by atoms with van der Waals surface area (Å²) >= 11 is 0. The molecule has 2 heteroatoms. The van der Waals surface area contributed by atoms with E-state index in [1.54, 1.807) is 24.8 Å². The molecule has 0 aromatic carbocycles. The lowest BCUT2D eigenvalue weighted by molar-refractivity contribution is 0.398. The van der Waals surface area contributed by atoms with Crippen LogP contribution in [0.1, 0.15) is 55.4 Å². The van der Waals surface area contributed by atoms with Crippen molar-refractivity contribution < 1.29 is 0 Å². The second-order valence-electron chi connectivity index (χ2n) is 3.81. The first kappa shape index (κ1) is 19.6. The Morgan fingerprint density at radius 3 is 1.13 bits per heavy atom. The molecular formula is C13H28N2. The number of nitrogens with zero attached hydrogens (tertiary/aromatic N) is 2. The molecular weight excluding hydrogens is 184 g/mol. The monoisotopic (exact) mass is 212 g/mol. The van der Waals surface area contributed by atoms with Gasteiger partial charge in [-0.2, -0.15) is 0 Å². The highest BCUT2D eigenvalue weighted by molar-refractivity contribution is 4.70. The molecule has 0 N–H and O–H groups in total. The fourth-order valence-electron chi connectivity index (χ4n) is 0.253. The van der Waals surface area contributed by atoms with Crippen molar-refractivity contribution in [1.29, 1.82) is 0 Å². The van der Waals surface area contributed by atoms with Crippen LogP contribution in [0.2, 0.25) is 0 Å². The van der Waals surface area contributed by atoms with E-state index in [9.17, 15) is 0 Å². The van der Waals surface area contributed by atoms with Crippen molar-refractivity contribution in [3.8, 4) is 0 Å². The van der Waals surface area contributed by atoms with Crippen LogP contribution in [0, 0.1) is 5.41 Å². The fourth-order valence-corrected chi connectivity index (χ4v) is 0.253. The van der Waals surface area contributed by atoms with E-state index < -0.39 is 0 Å².